The zero-order valence-corrected chi connectivity index (χ0v) is 10.2. The molecular formula is C13H14F3NO2. The van der Waals surface area contributed by atoms with E-state index in [9.17, 15) is 18.0 Å². The van der Waals surface area contributed by atoms with Gasteiger partial charge in [0.15, 0.2) is 17.5 Å². The lowest BCUT2D eigenvalue weighted by atomic mass is 10.1. The maximum Gasteiger partial charge on any atom is 0.254 e. The molecule has 3 nitrogen and oxygen atoms in total. The number of carbonyl (C=O) groups excluding carboxylic acids is 1. The summed E-state index contributed by atoms with van der Waals surface area (Å²) in [5.41, 5.74) is -0.494. The molecule has 0 aliphatic carbocycles. The molecule has 1 N–H and O–H groups in total. The normalized spacial score (nSPS) is 18.6. The van der Waals surface area contributed by atoms with Crippen molar-refractivity contribution in [3.63, 3.8) is 0 Å². The lowest BCUT2D eigenvalue weighted by Gasteiger charge is -2.10. The van der Waals surface area contributed by atoms with E-state index in [1.165, 1.54) is 0 Å². The molecule has 0 spiro atoms. The van der Waals surface area contributed by atoms with E-state index in [-0.39, 0.29) is 6.10 Å². The van der Waals surface area contributed by atoms with Crippen LogP contribution in [-0.2, 0) is 4.74 Å². The molecule has 1 fully saturated rings. The van der Waals surface area contributed by atoms with E-state index in [2.05, 4.69) is 5.32 Å². The van der Waals surface area contributed by atoms with Gasteiger partial charge in [-0.3, -0.25) is 4.79 Å². The van der Waals surface area contributed by atoms with E-state index in [0.717, 1.165) is 31.6 Å². The molecule has 1 aliphatic heterocycles. The summed E-state index contributed by atoms with van der Waals surface area (Å²) < 4.78 is 44.4. The topological polar surface area (TPSA) is 38.3 Å². The molecule has 0 radical (unpaired) electrons. The van der Waals surface area contributed by atoms with Crippen molar-refractivity contribution >= 4 is 5.91 Å². The predicted octanol–water partition coefficient (Wildman–Crippen LogP) is 2.40. The number of nitrogens with one attached hydrogen (secondary N) is 1. The third-order valence-corrected chi connectivity index (χ3v) is 3.06. The van der Waals surface area contributed by atoms with Crippen LogP contribution in [0, 0.1) is 17.5 Å². The van der Waals surface area contributed by atoms with Gasteiger partial charge in [0.25, 0.3) is 5.91 Å². The lowest BCUT2D eigenvalue weighted by molar-refractivity contribution is 0.0903. The van der Waals surface area contributed by atoms with Crippen LogP contribution in [0.3, 0.4) is 0 Å². The first kappa shape index (κ1) is 13.9. The van der Waals surface area contributed by atoms with Crippen molar-refractivity contribution in [2.45, 2.75) is 25.4 Å². The Morgan fingerprint density at radius 2 is 2.11 bits per heavy atom. The molecule has 1 saturated heterocycles. The van der Waals surface area contributed by atoms with E-state index in [4.69, 9.17) is 4.74 Å². The molecule has 1 aromatic carbocycles. The van der Waals surface area contributed by atoms with Crippen LogP contribution in [0.1, 0.15) is 29.6 Å². The number of rotatable bonds is 4. The Bertz CT molecular complexity index is 473. The fourth-order valence-corrected chi connectivity index (χ4v) is 2.02. The fraction of sp³-hybridized carbons (Fsp3) is 0.462. The summed E-state index contributed by atoms with van der Waals surface area (Å²) in [5, 5.41) is 2.47. The number of hydrogen-bond donors (Lipinski definition) is 1. The van der Waals surface area contributed by atoms with Gasteiger partial charge < -0.3 is 10.1 Å². The monoisotopic (exact) mass is 273 g/mol. The number of amides is 1. The van der Waals surface area contributed by atoms with Crippen LogP contribution in [0.25, 0.3) is 0 Å². The van der Waals surface area contributed by atoms with Gasteiger partial charge in [0.05, 0.1) is 11.7 Å². The van der Waals surface area contributed by atoms with E-state index < -0.39 is 28.9 Å². The molecule has 0 aromatic heterocycles. The predicted molar refractivity (Wildman–Crippen MR) is 62.2 cm³/mol. The minimum Gasteiger partial charge on any atom is -0.378 e. The summed E-state index contributed by atoms with van der Waals surface area (Å²) in [6.07, 6.45) is 2.66. The summed E-state index contributed by atoms with van der Waals surface area (Å²) in [4.78, 5) is 11.6. The van der Waals surface area contributed by atoms with Gasteiger partial charge in [-0.05, 0) is 31.4 Å². The highest BCUT2D eigenvalue weighted by atomic mass is 19.2. The standard InChI is InChI=1S/C13H14F3NO2/c14-10-4-3-9(11(15)12(10)16)13(18)17-6-5-8-2-1-7-19-8/h3-4,8H,1-2,5-7H2,(H,17,18). The summed E-state index contributed by atoms with van der Waals surface area (Å²) in [5.74, 6) is -5.16. The number of carbonyl (C=O) groups is 1. The molecule has 0 bridgehead atoms. The largest absolute Gasteiger partial charge is 0.378 e. The van der Waals surface area contributed by atoms with E-state index >= 15 is 0 Å². The van der Waals surface area contributed by atoms with Gasteiger partial charge in [-0.25, -0.2) is 13.2 Å². The van der Waals surface area contributed by atoms with Crippen LogP contribution in [0.2, 0.25) is 0 Å². The minimum absolute atomic E-state index is 0.107. The van der Waals surface area contributed by atoms with Gasteiger partial charge in [-0.1, -0.05) is 0 Å². The maximum absolute atomic E-state index is 13.3. The molecule has 1 atom stereocenters. The first-order chi connectivity index (χ1) is 9.09. The molecule has 0 saturated carbocycles. The fourth-order valence-electron chi connectivity index (χ4n) is 2.02. The van der Waals surface area contributed by atoms with Gasteiger partial charge in [0, 0.05) is 13.2 Å². The Labute approximate surface area is 108 Å². The van der Waals surface area contributed by atoms with Crippen molar-refractivity contribution in [2.24, 2.45) is 0 Å². The Hall–Kier alpha value is -1.56. The minimum atomic E-state index is -1.63. The van der Waals surface area contributed by atoms with Crippen molar-refractivity contribution in [3.8, 4) is 0 Å². The first-order valence-electron chi connectivity index (χ1n) is 6.13. The van der Waals surface area contributed by atoms with Crippen molar-refractivity contribution in [1.82, 2.24) is 5.32 Å². The number of ether oxygens (including phenoxy) is 1. The summed E-state index contributed by atoms with van der Waals surface area (Å²) in [6, 6.07) is 1.66. The smallest absolute Gasteiger partial charge is 0.254 e. The van der Waals surface area contributed by atoms with Gasteiger partial charge in [0.2, 0.25) is 0 Å². The molecule has 1 heterocycles. The second-order valence-corrected chi connectivity index (χ2v) is 4.40. The van der Waals surface area contributed by atoms with Gasteiger partial charge in [0.1, 0.15) is 0 Å². The Kier molecular flexibility index (Phi) is 4.42. The van der Waals surface area contributed by atoms with Crippen molar-refractivity contribution in [3.05, 3.63) is 35.1 Å². The van der Waals surface area contributed by atoms with E-state index in [1.807, 2.05) is 0 Å². The van der Waals surface area contributed by atoms with Crippen LogP contribution in [0.5, 0.6) is 0 Å². The van der Waals surface area contributed by atoms with E-state index in [1.54, 1.807) is 0 Å². The molecule has 1 aliphatic rings. The highest BCUT2D eigenvalue weighted by Crippen LogP contribution is 2.16. The van der Waals surface area contributed by atoms with Crippen molar-refractivity contribution in [2.75, 3.05) is 13.2 Å². The van der Waals surface area contributed by atoms with Gasteiger partial charge >= 0.3 is 0 Å². The SMILES string of the molecule is O=C(NCCC1CCCO1)c1ccc(F)c(F)c1F. The second-order valence-electron chi connectivity index (χ2n) is 4.40. The first-order valence-corrected chi connectivity index (χ1v) is 6.13. The summed E-state index contributed by atoms with van der Waals surface area (Å²) in [7, 11) is 0. The van der Waals surface area contributed by atoms with Crippen LogP contribution < -0.4 is 5.32 Å². The maximum atomic E-state index is 13.3. The Morgan fingerprint density at radius 3 is 2.79 bits per heavy atom. The van der Waals surface area contributed by atoms with Crippen molar-refractivity contribution in [1.29, 1.82) is 0 Å². The molecular weight excluding hydrogens is 259 g/mol. The Morgan fingerprint density at radius 1 is 1.32 bits per heavy atom. The van der Waals surface area contributed by atoms with Crippen LogP contribution in [-0.4, -0.2) is 25.2 Å². The van der Waals surface area contributed by atoms with Crippen LogP contribution in [0.15, 0.2) is 12.1 Å². The molecule has 19 heavy (non-hydrogen) atoms. The molecule has 1 amide bonds. The number of halogens is 3. The zero-order chi connectivity index (χ0) is 13.8. The van der Waals surface area contributed by atoms with Crippen LogP contribution in [0.4, 0.5) is 13.2 Å². The zero-order valence-electron chi connectivity index (χ0n) is 10.2. The van der Waals surface area contributed by atoms with Crippen LogP contribution >= 0.6 is 0 Å². The molecule has 104 valence electrons. The highest BCUT2D eigenvalue weighted by molar-refractivity contribution is 5.94. The third-order valence-electron chi connectivity index (χ3n) is 3.06. The molecule has 6 heteroatoms. The quantitative estimate of drug-likeness (QED) is 0.855. The number of hydrogen-bond acceptors (Lipinski definition) is 2. The van der Waals surface area contributed by atoms with Crippen molar-refractivity contribution < 1.29 is 22.7 Å². The molecule has 2 rings (SSSR count). The second kappa shape index (κ2) is 6.06. The summed E-state index contributed by atoms with van der Waals surface area (Å²) >= 11 is 0. The lowest BCUT2D eigenvalue weighted by Crippen LogP contribution is -2.28. The highest BCUT2D eigenvalue weighted by Gasteiger charge is 2.19. The third kappa shape index (κ3) is 3.26. The Balaban J connectivity index is 1.90. The number of benzene rings is 1. The molecule has 1 unspecified atom stereocenters. The molecule has 1 aromatic rings. The van der Waals surface area contributed by atoms with Gasteiger partial charge in [-0.15, -0.1) is 0 Å². The van der Waals surface area contributed by atoms with E-state index in [0.29, 0.717) is 13.0 Å². The average Bonchev–Trinajstić information content (AvgIpc) is 2.89. The average molecular weight is 273 g/mol. The van der Waals surface area contributed by atoms with Gasteiger partial charge in [-0.2, -0.15) is 0 Å². The summed E-state index contributed by atoms with van der Waals surface area (Å²) in [6.45, 7) is 1.03.